The lowest BCUT2D eigenvalue weighted by atomic mass is 9.94. The van der Waals surface area contributed by atoms with E-state index < -0.39 is 14.4 Å². The van der Waals surface area contributed by atoms with Gasteiger partial charge >= 0.3 is 0 Å². The number of hydrogen-bond donors (Lipinski definition) is 1. The largest absolute Gasteiger partial charge is 0.413 e. The Balaban J connectivity index is 1.76. The summed E-state index contributed by atoms with van der Waals surface area (Å²) in [7, 11) is -2.00. The summed E-state index contributed by atoms with van der Waals surface area (Å²) in [5, 5.41) is 10.9. The third kappa shape index (κ3) is 10.6. The van der Waals surface area contributed by atoms with Gasteiger partial charge in [-0.3, -0.25) is 4.79 Å². The van der Waals surface area contributed by atoms with E-state index in [-0.39, 0.29) is 41.5 Å². The van der Waals surface area contributed by atoms with Crippen LogP contribution in [0.1, 0.15) is 78.2 Å². The van der Waals surface area contributed by atoms with Gasteiger partial charge in [-0.25, -0.2) is 0 Å². The van der Waals surface area contributed by atoms with Crippen LogP contribution in [0, 0.1) is 5.92 Å². The van der Waals surface area contributed by atoms with Crippen LogP contribution in [0.4, 0.5) is 0 Å². The van der Waals surface area contributed by atoms with Crippen molar-refractivity contribution in [1.82, 2.24) is 0 Å². The molecule has 5 nitrogen and oxygen atoms in total. The molecule has 1 heterocycles. The van der Waals surface area contributed by atoms with E-state index in [1.165, 1.54) is 5.56 Å². The number of carbonyl (C=O) groups excluding carboxylic acids is 1. The number of aliphatic hydroxyl groups excluding tert-OH is 1. The average Bonchev–Trinajstić information content (AvgIpc) is 2.80. The molecule has 1 aromatic carbocycles. The summed E-state index contributed by atoms with van der Waals surface area (Å²) in [6.07, 6.45) is 5.84. The molecule has 204 valence electrons. The monoisotopic (exact) mass is 518 g/mol. The molecule has 0 saturated carbocycles. The Morgan fingerprint density at radius 3 is 2.53 bits per heavy atom. The number of aliphatic hydroxyl groups is 1. The van der Waals surface area contributed by atoms with E-state index in [4.69, 9.17) is 13.9 Å². The highest BCUT2D eigenvalue weighted by atomic mass is 28.4. The predicted molar refractivity (Wildman–Crippen MR) is 150 cm³/mol. The first-order valence-corrected chi connectivity index (χ1v) is 16.6. The summed E-state index contributed by atoms with van der Waals surface area (Å²) in [6, 6.07) is 10.2. The van der Waals surface area contributed by atoms with Crippen LogP contribution in [0.5, 0.6) is 0 Å². The summed E-state index contributed by atoms with van der Waals surface area (Å²) >= 11 is 0. The second-order valence-corrected chi connectivity index (χ2v) is 16.7. The second kappa shape index (κ2) is 14.6. The van der Waals surface area contributed by atoms with Crippen molar-refractivity contribution in [3.8, 4) is 0 Å². The Bertz CT molecular complexity index is 788. The fourth-order valence-electron chi connectivity index (χ4n) is 4.35. The molecule has 1 aliphatic heterocycles. The summed E-state index contributed by atoms with van der Waals surface area (Å²) in [5.41, 5.74) is 1.17. The summed E-state index contributed by atoms with van der Waals surface area (Å²) in [5.74, 6) is 0.168. The molecule has 0 bridgehead atoms. The van der Waals surface area contributed by atoms with Crippen molar-refractivity contribution in [2.24, 2.45) is 5.92 Å². The maximum absolute atomic E-state index is 12.8. The number of ether oxygens (including phenoxy) is 2. The van der Waals surface area contributed by atoms with Crippen LogP contribution < -0.4 is 0 Å². The van der Waals surface area contributed by atoms with Gasteiger partial charge in [-0.15, -0.1) is 6.58 Å². The maximum Gasteiger partial charge on any atom is 0.192 e. The van der Waals surface area contributed by atoms with Gasteiger partial charge < -0.3 is 19.0 Å². The minimum atomic E-state index is -2.00. The summed E-state index contributed by atoms with van der Waals surface area (Å²) in [4.78, 5) is 12.8. The zero-order valence-corrected chi connectivity index (χ0v) is 24.5. The molecule has 0 unspecified atom stereocenters. The lowest BCUT2D eigenvalue weighted by molar-refractivity contribution is -0.128. The van der Waals surface area contributed by atoms with Gasteiger partial charge in [-0.1, -0.05) is 64.1 Å². The maximum atomic E-state index is 12.8. The highest BCUT2D eigenvalue weighted by Gasteiger charge is 2.40. The first kappa shape index (κ1) is 30.9. The van der Waals surface area contributed by atoms with Crippen molar-refractivity contribution < 1.29 is 23.8 Å². The smallest absolute Gasteiger partial charge is 0.192 e. The Morgan fingerprint density at radius 1 is 1.22 bits per heavy atom. The molecular weight excluding hydrogens is 468 g/mol. The van der Waals surface area contributed by atoms with Crippen molar-refractivity contribution in [2.45, 2.75) is 122 Å². The molecule has 1 N–H and O–H groups in total. The van der Waals surface area contributed by atoms with E-state index in [0.29, 0.717) is 26.1 Å². The van der Waals surface area contributed by atoms with E-state index in [2.05, 4.69) is 59.5 Å². The van der Waals surface area contributed by atoms with Crippen LogP contribution in [0.25, 0.3) is 0 Å². The van der Waals surface area contributed by atoms with Crippen LogP contribution in [0.15, 0.2) is 43.0 Å². The van der Waals surface area contributed by atoms with E-state index in [9.17, 15) is 9.90 Å². The fourth-order valence-corrected chi connectivity index (χ4v) is 5.77. The van der Waals surface area contributed by atoms with Crippen molar-refractivity contribution >= 4 is 14.1 Å². The highest BCUT2D eigenvalue weighted by Crippen LogP contribution is 2.39. The summed E-state index contributed by atoms with van der Waals surface area (Å²) < 4.78 is 18.6. The molecular formula is C30H50O5Si. The standard InChI is InChI=1S/C30H50O5Si/c1-8-23(2)29(35-36(6,7)30(3,4)5)21-26(32)19-25(31)20-28-16-12-15-27(34-28)17-18-33-22-24-13-10-9-11-14-24/h8-11,13-14,23,26-29,32H,1,12,15-22H2,2-7H3/t23-,26-,27+,28-,29+/m0/s1. The lowest BCUT2D eigenvalue weighted by Crippen LogP contribution is -2.46. The Kier molecular flexibility index (Phi) is 12.5. The van der Waals surface area contributed by atoms with Crippen molar-refractivity contribution in [3.05, 3.63) is 48.6 Å². The van der Waals surface area contributed by atoms with Gasteiger partial charge in [0, 0.05) is 19.4 Å². The number of Topliss-reactive ketones (excluding diaryl/α,β-unsaturated/α-hetero) is 1. The predicted octanol–water partition coefficient (Wildman–Crippen LogP) is 6.84. The van der Waals surface area contributed by atoms with E-state index in [1.807, 2.05) is 24.3 Å². The van der Waals surface area contributed by atoms with Gasteiger partial charge in [0.15, 0.2) is 8.32 Å². The van der Waals surface area contributed by atoms with E-state index >= 15 is 0 Å². The lowest BCUT2D eigenvalue weighted by Gasteiger charge is -2.41. The third-order valence-corrected chi connectivity index (χ3v) is 12.3. The molecule has 0 aromatic heterocycles. The molecule has 0 aliphatic carbocycles. The number of benzene rings is 1. The minimum absolute atomic E-state index is 0.0609. The zero-order valence-electron chi connectivity index (χ0n) is 23.5. The number of ketones is 1. The van der Waals surface area contributed by atoms with Crippen LogP contribution in [-0.4, -0.2) is 50.2 Å². The number of carbonyl (C=O) groups is 1. The van der Waals surface area contributed by atoms with Crippen molar-refractivity contribution in [1.29, 1.82) is 0 Å². The van der Waals surface area contributed by atoms with Gasteiger partial charge in [0.1, 0.15) is 5.78 Å². The first-order valence-electron chi connectivity index (χ1n) is 13.7. The Hall–Kier alpha value is -1.31. The molecule has 0 spiro atoms. The summed E-state index contributed by atoms with van der Waals surface area (Å²) in [6.45, 7) is 18.3. The minimum Gasteiger partial charge on any atom is -0.413 e. The fraction of sp³-hybridized carbons (Fsp3) is 0.700. The molecule has 1 fully saturated rings. The molecule has 0 amide bonds. The Labute approximate surface area is 220 Å². The highest BCUT2D eigenvalue weighted by molar-refractivity contribution is 6.74. The van der Waals surface area contributed by atoms with Crippen LogP contribution in [-0.2, 0) is 25.3 Å². The molecule has 1 saturated heterocycles. The van der Waals surface area contributed by atoms with Gasteiger partial charge in [0.2, 0.25) is 0 Å². The molecule has 5 atom stereocenters. The van der Waals surface area contributed by atoms with Crippen LogP contribution in [0.2, 0.25) is 18.1 Å². The normalized spacial score (nSPS) is 21.5. The second-order valence-electron chi connectivity index (χ2n) is 12.0. The van der Waals surface area contributed by atoms with E-state index in [0.717, 1.165) is 25.7 Å². The SMILES string of the molecule is C=C[C@H](C)[C@@H](C[C@@H](O)CC(=O)C[C@@H]1CCC[C@H](CCOCc2ccccc2)O1)O[Si](C)(C)C(C)(C)C. The molecule has 6 heteroatoms. The topological polar surface area (TPSA) is 65.0 Å². The molecule has 1 aromatic rings. The van der Waals surface area contributed by atoms with Gasteiger partial charge in [-0.05, 0) is 61.7 Å². The van der Waals surface area contributed by atoms with Gasteiger partial charge in [0.05, 0.1) is 31.0 Å². The molecule has 0 radical (unpaired) electrons. The van der Waals surface area contributed by atoms with Crippen molar-refractivity contribution in [2.75, 3.05) is 6.61 Å². The van der Waals surface area contributed by atoms with Crippen LogP contribution in [0.3, 0.4) is 0 Å². The van der Waals surface area contributed by atoms with E-state index in [1.54, 1.807) is 0 Å². The molecule has 1 aliphatic rings. The first-order chi connectivity index (χ1) is 16.9. The number of rotatable bonds is 15. The molecule has 2 rings (SSSR count). The Morgan fingerprint density at radius 2 is 1.89 bits per heavy atom. The zero-order chi connectivity index (χ0) is 26.8. The quantitative estimate of drug-likeness (QED) is 0.156. The van der Waals surface area contributed by atoms with Crippen LogP contribution >= 0.6 is 0 Å². The molecule has 36 heavy (non-hydrogen) atoms. The van der Waals surface area contributed by atoms with Gasteiger partial charge in [-0.2, -0.15) is 0 Å². The third-order valence-electron chi connectivity index (χ3n) is 7.77. The number of hydrogen-bond acceptors (Lipinski definition) is 5. The van der Waals surface area contributed by atoms with Gasteiger partial charge in [0.25, 0.3) is 0 Å². The van der Waals surface area contributed by atoms with Crippen molar-refractivity contribution in [3.63, 3.8) is 0 Å². The average molecular weight is 519 g/mol.